The first-order valence-electron chi connectivity index (χ1n) is 3.01. The van der Waals surface area contributed by atoms with Crippen LogP contribution in [0.1, 0.15) is 13.3 Å². The van der Waals surface area contributed by atoms with Crippen LogP contribution >= 0.6 is 0 Å². The zero-order valence-electron chi connectivity index (χ0n) is 5.91. The van der Waals surface area contributed by atoms with Gasteiger partial charge in [-0.2, -0.15) is 0 Å². The quantitative estimate of drug-likeness (QED) is 0.450. The van der Waals surface area contributed by atoms with Crippen LogP contribution in [0, 0.1) is 12.3 Å². The average Bonchev–Trinajstić information content (AvgIpc) is 1.87. The standard InChI is InChI=1S/C7H12O3/c1-3-7(2,10)4-6(9)5-8/h1,6,8-10H,4-5H2,2H3/t6-,7+/m0/s1. The minimum Gasteiger partial charge on any atom is -0.394 e. The van der Waals surface area contributed by atoms with Crippen LogP contribution in [0.5, 0.6) is 0 Å². The predicted octanol–water partition coefficient (Wildman–Crippen LogP) is -0.886. The molecular weight excluding hydrogens is 132 g/mol. The monoisotopic (exact) mass is 144 g/mol. The molecule has 10 heavy (non-hydrogen) atoms. The molecule has 0 radical (unpaired) electrons. The first-order valence-corrected chi connectivity index (χ1v) is 3.01. The van der Waals surface area contributed by atoms with Gasteiger partial charge in [-0.15, -0.1) is 6.42 Å². The van der Waals surface area contributed by atoms with Crippen molar-refractivity contribution < 1.29 is 15.3 Å². The molecule has 2 atom stereocenters. The van der Waals surface area contributed by atoms with Crippen LogP contribution < -0.4 is 0 Å². The van der Waals surface area contributed by atoms with Gasteiger partial charge in [-0.05, 0) is 6.92 Å². The summed E-state index contributed by atoms with van der Waals surface area (Å²) in [5.74, 6) is 2.09. The van der Waals surface area contributed by atoms with Crippen molar-refractivity contribution in [3.8, 4) is 12.3 Å². The largest absolute Gasteiger partial charge is 0.394 e. The van der Waals surface area contributed by atoms with Crippen LogP contribution in [-0.2, 0) is 0 Å². The van der Waals surface area contributed by atoms with Gasteiger partial charge in [0.15, 0.2) is 0 Å². The van der Waals surface area contributed by atoms with Gasteiger partial charge in [0.05, 0.1) is 12.7 Å². The summed E-state index contributed by atoms with van der Waals surface area (Å²) in [6.45, 7) is 1.03. The lowest BCUT2D eigenvalue weighted by atomic mass is 10.0. The first-order chi connectivity index (χ1) is 4.52. The molecule has 3 nitrogen and oxygen atoms in total. The average molecular weight is 144 g/mol. The lowest BCUT2D eigenvalue weighted by molar-refractivity contribution is 0.0189. The molecular formula is C7H12O3. The van der Waals surface area contributed by atoms with Crippen LogP contribution in [0.25, 0.3) is 0 Å². The number of hydrogen-bond donors (Lipinski definition) is 3. The summed E-state index contributed by atoms with van der Waals surface area (Å²) in [6.07, 6.45) is 3.98. The van der Waals surface area contributed by atoms with E-state index >= 15 is 0 Å². The van der Waals surface area contributed by atoms with Gasteiger partial charge in [-0.3, -0.25) is 0 Å². The lowest BCUT2D eigenvalue weighted by Crippen LogP contribution is -2.29. The van der Waals surface area contributed by atoms with Gasteiger partial charge in [0.1, 0.15) is 5.60 Å². The molecule has 0 unspecified atom stereocenters. The molecule has 0 fully saturated rings. The normalized spacial score (nSPS) is 19.1. The Hall–Kier alpha value is -0.560. The summed E-state index contributed by atoms with van der Waals surface area (Å²) in [7, 11) is 0. The highest BCUT2D eigenvalue weighted by Crippen LogP contribution is 2.09. The number of hydrogen-bond acceptors (Lipinski definition) is 3. The molecule has 0 rings (SSSR count). The fourth-order valence-corrected chi connectivity index (χ4v) is 0.582. The van der Waals surface area contributed by atoms with Crippen LogP contribution in [0.15, 0.2) is 0 Å². The Morgan fingerprint density at radius 2 is 2.20 bits per heavy atom. The minimum atomic E-state index is -1.32. The number of aliphatic hydroxyl groups excluding tert-OH is 2. The molecule has 0 amide bonds. The summed E-state index contributed by atoms with van der Waals surface area (Å²) in [5.41, 5.74) is -1.32. The number of aliphatic hydroxyl groups is 3. The molecule has 0 spiro atoms. The maximum Gasteiger partial charge on any atom is 0.125 e. The second kappa shape index (κ2) is 3.57. The summed E-state index contributed by atoms with van der Waals surface area (Å²) in [4.78, 5) is 0. The highest BCUT2D eigenvalue weighted by molar-refractivity contribution is 5.05. The fourth-order valence-electron chi connectivity index (χ4n) is 0.582. The molecule has 0 aromatic carbocycles. The Kier molecular flexibility index (Phi) is 3.37. The highest BCUT2D eigenvalue weighted by atomic mass is 16.3. The van der Waals surface area contributed by atoms with Gasteiger partial charge in [0.2, 0.25) is 0 Å². The first kappa shape index (κ1) is 9.44. The third-order valence-electron chi connectivity index (χ3n) is 1.15. The van der Waals surface area contributed by atoms with E-state index in [1.807, 2.05) is 0 Å². The summed E-state index contributed by atoms with van der Waals surface area (Å²) in [6, 6.07) is 0. The minimum absolute atomic E-state index is 0. The second-order valence-corrected chi connectivity index (χ2v) is 2.46. The van der Waals surface area contributed by atoms with Crippen molar-refractivity contribution in [3.05, 3.63) is 0 Å². The Bertz CT molecular complexity index is 134. The van der Waals surface area contributed by atoms with Gasteiger partial charge in [-0.1, -0.05) is 5.92 Å². The van der Waals surface area contributed by atoms with Gasteiger partial charge in [-0.25, -0.2) is 0 Å². The zero-order valence-corrected chi connectivity index (χ0v) is 5.91. The van der Waals surface area contributed by atoms with E-state index < -0.39 is 11.7 Å². The molecule has 0 saturated heterocycles. The molecule has 0 aliphatic rings. The Morgan fingerprint density at radius 1 is 1.70 bits per heavy atom. The van der Waals surface area contributed by atoms with E-state index in [0.717, 1.165) is 0 Å². The molecule has 58 valence electrons. The van der Waals surface area contributed by atoms with E-state index in [-0.39, 0.29) is 13.0 Å². The van der Waals surface area contributed by atoms with Crippen molar-refractivity contribution in [2.75, 3.05) is 6.61 Å². The highest BCUT2D eigenvalue weighted by Gasteiger charge is 2.20. The van der Waals surface area contributed by atoms with Gasteiger partial charge in [0.25, 0.3) is 0 Å². The van der Waals surface area contributed by atoms with E-state index in [9.17, 15) is 0 Å². The molecule has 3 heteroatoms. The van der Waals surface area contributed by atoms with Gasteiger partial charge in [0, 0.05) is 6.42 Å². The molecule has 0 aromatic heterocycles. The van der Waals surface area contributed by atoms with E-state index in [1.54, 1.807) is 0 Å². The van der Waals surface area contributed by atoms with Crippen LogP contribution in [-0.4, -0.2) is 33.6 Å². The summed E-state index contributed by atoms with van der Waals surface area (Å²) >= 11 is 0. The number of rotatable bonds is 3. The lowest BCUT2D eigenvalue weighted by Gasteiger charge is -2.18. The van der Waals surface area contributed by atoms with Crippen molar-refractivity contribution in [1.82, 2.24) is 0 Å². The smallest absolute Gasteiger partial charge is 0.125 e. The van der Waals surface area contributed by atoms with Crippen molar-refractivity contribution in [1.29, 1.82) is 0 Å². The molecule has 0 heterocycles. The van der Waals surface area contributed by atoms with E-state index in [4.69, 9.17) is 21.7 Å². The predicted molar refractivity (Wildman–Crippen MR) is 37.2 cm³/mol. The van der Waals surface area contributed by atoms with Crippen molar-refractivity contribution >= 4 is 0 Å². The molecule has 0 saturated carbocycles. The molecule has 0 bridgehead atoms. The third-order valence-corrected chi connectivity index (χ3v) is 1.15. The van der Waals surface area contributed by atoms with E-state index in [2.05, 4.69) is 5.92 Å². The summed E-state index contributed by atoms with van der Waals surface area (Å²) < 4.78 is 0. The van der Waals surface area contributed by atoms with Crippen molar-refractivity contribution in [2.45, 2.75) is 25.0 Å². The van der Waals surface area contributed by atoms with Crippen LogP contribution in [0.3, 0.4) is 0 Å². The van der Waals surface area contributed by atoms with E-state index in [1.165, 1.54) is 6.92 Å². The van der Waals surface area contributed by atoms with Gasteiger partial charge < -0.3 is 15.3 Å². The maximum atomic E-state index is 9.12. The maximum absolute atomic E-state index is 9.12. The van der Waals surface area contributed by atoms with Crippen molar-refractivity contribution in [3.63, 3.8) is 0 Å². The third kappa shape index (κ3) is 3.46. The Labute approximate surface area is 60.3 Å². The fraction of sp³-hybridized carbons (Fsp3) is 0.714. The molecule has 0 aromatic rings. The Morgan fingerprint density at radius 3 is 2.50 bits per heavy atom. The van der Waals surface area contributed by atoms with Gasteiger partial charge >= 0.3 is 0 Å². The second-order valence-electron chi connectivity index (χ2n) is 2.46. The molecule has 0 aliphatic carbocycles. The topological polar surface area (TPSA) is 60.7 Å². The number of terminal acetylenes is 1. The molecule has 0 aliphatic heterocycles. The van der Waals surface area contributed by atoms with Crippen LogP contribution in [0.2, 0.25) is 0 Å². The van der Waals surface area contributed by atoms with E-state index in [0.29, 0.717) is 0 Å². The molecule has 3 N–H and O–H groups in total. The van der Waals surface area contributed by atoms with Crippen molar-refractivity contribution in [2.24, 2.45) is 0 Å². The Balaban J connectivity index is 3.79. The summed E-state index contributed by atoms with van der Waals surface area (Å²) in [5, 5.41) is 26.3. The van der Waals surface area contributed by atoms with Crippen LogP contribution in [0.4, 0.5) is 0 Å². The SMILES string of the molecule is C#C[C@@](C)(O)C[C@H](O)CO. The zero-order chi connectivity index (χ0) is 8.20.